The van der Waals surface area contributed by atoms with E-state index in [1.54, 1.807) is 0 Å². The van der Waals surface area contributed by atoms with Crippen molar-refractivity contribution in [2.45, 2.75) is 38.9 Å². The predicted molar refractivity (Wildman–Crippen MR) is 53.6 cm³/mol. The molecule has 0 spiro atoms. The Balaban J connectivity index is 2.31. The summed E-state index contributed by atoms with van der Waals surface area (Å²) in [6.07, 6.45) is 1.45. The quantitative estimate of drug-likeness (QED) is 0.695. The van der Waals surface area contributed by atoms with Crippen LogP contribution in [0.4, 0.5) is 4.39 Å². The van der Waals surface area contributed by atoms with Crippen LogP contribution in [0.1, 0.15) is 26.7 Å². The predicted octanol–water partition coefficient (Wildman–Crippen LogP) is 1.32. The van der Waals surface area contributed by atoms with E-state index in [4.69, 9.17) is 0 Å². The normalized spacial score (nSPS) is 28.4. The summed E-state index contributed by atoms with van der Waals surface area (Å²) in [5.74, 6) is 0.211. The minimum absolute atomic E-state index is 0.00472. The van der Waals surface area contributed by atoms with Crippen LogP contribution in [0.25, 0.3) is 0 Å². The van der Waals surface area contributed by atoms with Crippen LogP contribution in [-0.4, -0.2) is 31.8 Å². The van der Waals surface area contributed by atoms with Gasteiger partial charge in [0.25, 0.3) is 0 Å². The molecule has 0 saturated carbocycles. The Kier molecular flexibility index (Phi) is 4.67. The standard InChI is InChI=1S/C10H21FN2/c1-3-13-8(2)10(11)9-5-4-6-12-7-9/h8-10,12-13H,3-7H2,1-2H3. The van der Waals surface area contributed by atoms with Gasteiger partial charge in [-0.1, -0.05) is 6.92 Å². The van der Waals surface area contributed by atoms with Crippen LogP contribution in [0.15, 0.2) is 0 Å². The number of halogens is 1. The average molecular weight is 188 g/mol. The molecular weight excluding hydrogens is 167 g/mol. The molecule has 13 heavy (non-hydrogen) atoms. The number of alkyl halides is 1. The lowest BCUT2D eigenvalue weighted by molar-refractivity contribution is 0.153. The molecule has 0 amide bonds. The first-order valence-corrected chi connectivity index (χ1v) is 5.34. The van der Waals surface area contributed by atoms with Crippen molar-refractivity contribution in [3.63, 3.8) is 0 Å². The first-order chi connectivity index (χ1) is 6.25. The van der Waals surface area contributed by atoms with Crippen LogP contribution in [-0.2, 0) is 0 Å². The zero-order chi connectivity index (χ0) is 9.68. The summed E-state index contributed by atoms with van der Waals surface area (Å²) in [4.78, 5) is 0. The highest BCUT2D eigenvalue weighted by atomic mass is 19.1. The molecule has 0 aromatic heterocycles. The zero-order valence-electron chi connectivity index (χ0n) is 8.65. The van der Waals surface area contributed by atoms with Crippen LogP contribution in [0.5, 0.6) is 0 Å². The van der Waals surface area contributed by atoms with Crippen molar-refractivity contribution < 1.29 is 4.39 Å². The van der Waals surface area contributed by atoms with E-state index in [1.165, 1.54) is 0 Å². The largest absolute Gasteiger partial charge is 0.316 e. The van der Waals surface area contributed by atoms with E-state index in [0.29, 0.717) is 0 Å². The molecule has 1 heterocycles. The smallest absolute Gasteiger partial charge is 0.119 e. The third kappa shape index (κ3) is 3.24. The minimum Gasteiger partial charge on any atom is -0.316 e. The number of rotatable bonds is 4. The van der Waals surface area contributed by atoms with Crippen molar-refractivity contribution in [3.8, 4) is 0 Å². The molecule has 3 heteroatoms. The summed E-state index contributed by atoms with van der Waals surface area (Å²) in [5.41, 5.74) is 0. The molecule has 3 atom stereocenters. The molecule has 1 fully saturated rings. The zero-order valence-corrected chi connectivity index (χ0v) is 8.65. The van der Waals surface area contributed by atoms with Gasteiger partial charge in [0, 0.05) is 18.5 Å². The minimum atomic E-state index is -0.701. The molecule has 78 valence electrons. The highest BCUT2D eigenvalue weighted by Gasteiger charge is 2.27. The van der Waals surface area contributed by atoms with Gasteiger partial charge >= 0.3 is 0 Å². The van der Waals surface area contributed by atoms with Crippen LogP contribution in [0.2, 0.25) is 0 Å². The van der Waals surface area contributed by atoms with E-state index in [-0.39, 0.29) is 12.0 Å². The summed E-state index contributed by atoms with van der Waals surface area (Å²) in [5, 5.41) is 6.38. The summed E-state index contributed by atoms with van der Waals surface area (Å²) >= 11 is 0. The third-order valence-electron chi connectivity index (χ3n) is 2.79. The topological polar surface area (TPSA) is 24.1 Å². The van der Waals surface area contributed by atoms with Crippen molar-refractivity contribution >= 4 is 0 Å². The van der Waals surface area contributed by atoms with Gasteiger partial charge in [0.2, 0.25) is 0 Å². The molecule has 0 radical (unpaired) electrons. The van der Waals surface area contributed by atoms with Gasteiger partial charge in [-0.25, -0.2) is 4.39 Å². The van der Waals surface area contributed by atoms with E-state index >= 15 is 0 Å². The van der Waals surface area contributed by atoms with E-state index in [2.05, 4.69) is 10.6 Å². The molecular formula is C10H21FN2. The van der Waals surface area contributed by atoms with Crippen molar-refractivity contribution in [1.82, 2.24) is 10.6 Å². The molecule has 1 aliphatic heterocycles. The average Bonchev–Trinajstić information content (AvgIpc) is 2.18. The van der Waals surface area contributed by atoms with Gasteiger partial charge in [0.05, 0.1) is 0 Å². The van der Waals surface area contributed by atoms with E-state index in [9.17, 15) is 4.39 Å². The van der Waals surface area contributed by atoms with Gasteiger partial charge in [-0.3, -0.25) is 0 Å². The Morgan fingerprint density at radius 1 is 1.62 bits per heavy atom. The van der Waals surface area contributed by atoms with E-state index in [1.807, 2.05) is 13.8 Å². The van der Waals surface area contributed by atoms with Gasteiger partial charge in [-0.05, 0) is 32.9 Å². The monoisotopic (exact) mass is 188 g/mol. The fourth-order valence-electron chi connectivity index (χ4n) is 1.99. The van der Waals surface area contributed by atoms with Gasteiger partial charge < -0.3 is 10.6 Å². The first-order valence-electron chi connectivity index (χ1n) is 5.34. The second-order valence-electron chi connectivity index (χ2n) is 3.90. The fourth-order valence-corrected chi connectivity index (χ4v) is 1.99. The Labute approximate surface area is 80.3 Å². The second kappa shape index (κ2) is 5.55. The lowest BCUT2D eigenvalue weighted by Crippen LogP contribution is -2.44. The lowest BCUT2D eigenvalue weighted by atomic mass is 9.91. The summed E-state index contributed by atoms with van der Waals surface area (Å²) < 4.78 is 13.8. The molecule has 0 bridgehead atoms. The molecule has 1 saturated heterocycles. The highest BCUT2D eigenvalue weighted by Crippen LogP contribution is 2.19. The number of piperidine rings is 1. The molecule has 3 unspecified atom stereocenters. The molecule has 1 aliphatic rings. The van der Waals surface area contributed by atoms with Crippen LogP contribution in [0.3, 0.4) is 0 Å². The molecule has 0 aromatic carbocycles. The maximum Gasteiger partial charge on any atom is 0.119 e. The lowest BCUT2D eigenvalue weighted by Gasteiger charge is -2.29. The molecule has 2 nitrogen and oxygen atoms in total. The summed E-state index contributed by atoms with van der Waals surface area (Å²) in [6, 6.07) is -0.00472. The molecule has 2 N–H and O–H groups in total. The van der Waals surface area contributed by atoms with Crippen molar-refractivity contribution in [2.24, 2.45) is 5.92 Å². The fraction of sp³-hybridized carbons (Fsp3) is 1.00. The van der Waals surface area contributed by atoms with Crippen LogP contribution < -0.4 is 10.6 Å². The Bertz CT molecular complexity index is 135. The number of hydrogen-bond acceptors (Lipinski definition) is 2. The van der Waals surface area contributed by atoms with Crippen LogP contribution >= 0.6 is 0 Å². The summed E-state index contributed by atoms with van der Waals surface area (Å²) in [7, 11) is 0. The van der Waals surface area contributed by atoms with Gasteiger partial charge in [-0.2, -0.15) is 0 Å². The number of hydrogen-bond donors (Lipinski definition) is 2. The maximum atomic E-state index is 13.8. The van der Waals surface area contributed by atoms with Crippen LogP contribution in [0, 0.1) is 5.92 Å². The second-order valence-corrected chi connectivity index (χ2v) is 3.90. The van der Waals surface area contributed by atoms with Crippen molar-refractivity contribution in [2.75, 3.05) is 19.6 Å². The molecule has 0 aromatic rings. The Morgan fingerprint density at radius 2 is 2.38 bits per heavy atom. The summed E-state index contributed by atoms with van der Waals surface area (Å²) in [6.45, 7) is 6.70. The highest BCUT2D eigenvalue weighted by molar-refractivity contribution is 4.82. The Hall–Kier alpha value is -0.150. The number of nitrogens with one attached hydrogen (secondary N) is 2. The van der Waals surface area contributed by atoms with Gasteiger partial charge in [-0.15, -0.1) is 0 Å². The third-order valence-corrected chi connectivity index (χ3v) is 2.79. The maximum absolute atomic E-state index is 13.8. The van der Waals surface area contributed by atoms with Gasteiger partial charge in [0.1, 0.15) is 6.17 Å². The SMILES string of the molecule is CCNC(C)C(F)C1CCCNC1. The van der Waals surface area contributed by atoms with Gasteiger partial charge in [0.15, 0.2) is 0 Å². The van der Waals surface area contributed by atoms with Crippen molar-refractivity contribution in [3.05, 3.63) is 0 Å². The van der Waals surface area contributed by atoms with Crippen molar-refractivity contribution in [1.29, 1.82) is 0 Å². The molecule has 1 rings (SSSR count). The Morgan fingerprint density at radius 3 is 2.92 bits per heavy atom. The van der Waals surface area contributed by atoms with E-state index < -0.39 is 6.17 Å². The first kappa shape index (κ1) is 10.9. The molecule has 0 aliphatic carbocycles. The van der Waals surface area contributed by atoms with E-state index in [0.717, 1.165) is 32.5 Å².